The molecule has 0 aromatic carbocycles. The quantitative estimate of drug-likeness (QED) is 0.615. The second kappa shape index (κ2) is 4.49. The van der Waals surface area contributed by atoms with Crippen molar-refractivity contribution in [2.24, 2.45) is 7.05 Å². The second-order valence-electron chi connectivity index (χ2n) is 3.33. The van der Waals surface area contributed by atoms with Gasteiger partial charge in [-0.05, 0) is 28.1 Å². The van der Waals surface area contributed by atoms with Crippen molar-refractivity contribution in [1.29, 1.82) is 0 Å². The van der Waals surface area contributed by atoms with E-state index < -0.39 is 0 Å². The molecule has 0 bridgehead atoms. The van der Waals surface area contributed by atoms with Gasteiger partial charge in [-0.25, -0.2) is 4.57 Å². The first-order valence-corrected chi connectivity index (χ1v) is 5.42. The van der Waals surface area contributed by atoms with Gasteiger partial charge in [0, 0.05) is 10.7 Å². The van der Waals surface area contributed by atoms with Gasteiger partial charge in [0.15, 0.2) is 6.20 Å². The number of pyridine rings is 1. The van der Waals surface area contributed by atoms with Gasteiger partial charge in [-0.1, -0.05) is 4.98 Å². The van der Waals surface area contributed by atoms with Crippen LogP contribution in [0.25, 0.3) is 0 Å². The third kappa shape index (κ3) is 2.30. The zero-order valence-corrected chi connectivity index (χ0v) is 10.2. The Morgan fingerprint density at radius 3 is 2.81 bits per heavy atom. The molecule has 0 aliphatic carbocycles. The molecular formula is C11H9BrN3O+. The molecule has 0 spiro atoms. The molecule has 5 heteroatoms. The monoisotopic (exact) mass is 278 g/mol. The van der Waals surface area contributed by atoms with E-state index >= 15 is 0 Å². The topological polar surface area (TPSA) is 46.7 Å². The van der Waals surface area contributed by atoms with Gasteiger partial charge in [0.25, 0.3) is 6.33 Å². The number of aromatic nitrogens is 3. The highest BCUT2D eigenvalue weighted by atomic mass is 79.9. The summed E-state index contributed by atoms with van der Waals surface area (Å²) in [7, 11) is 1.82. The lowest BCUT2D eigenvalue weighted by Gasteiger charge is -1.98. The predicted molar refractivity (Wildman–Crippen MR) is 60.8 cm³/mol. The first-order chi connectivity index (χ1) is 7.66. The molecule has 2 heterocycles. The van der Waals surface area contributed by atoms with E-state index in [0.717, 1.165) is 4.47 Å². The Balaban J connectivity index is 2.35. The minimum absolute atomic E-state index is 0.129. The Labute approximate surface area is 101 Å². The number of carbonyl (C=O) groups is 1. The average molecular weight is 279 g/mol. The van der Waals surface area contributed by atoms with Crippen LogP contribution in [0.5, 0.6) is 0 Å². The summed E-state index contributed by atoms with van der Waals surface area (Å²) in [4.78, 5) is 20.0. The second-order valence-corrected chi connectivity index (χ2v) is 4.25. The molecule has 80 valence electrons. The molecular weight excluding hydrogens is 270 g/mol. The van der Waals surface area contributed by atoms with E-state index in [1.807, 2.05) is 7.05 Å². The Hall–Kier alpha value is -1.62. The number of nitrogens with zero attached hydrogens (tertiary/aromatic N) is 3. The maximum Gasteiger partial charge on any atom is 0.285 e. The first-order valence-electron chi connectivity index (χ1n) is 4.63. The van der Waals surface area contributed by atoms with Gasteiger partial charge in [-0.15, -0.1) is 0 Å². The first kappa shape index (κ1) is 10.9. The van der Waals surface area contributed by atoms with Crippen molar-refractivity contribution in [2.45, 2.75) is 0 Å². The molecule has 2 aromatic heterocycles. The summed E-state index contributed by atoms with van der Waals surface area (Å²) in [5, 5.41) is 0. The van der Waals surface area contributed by atoms with Gasteiger partial charge in [-0.3, -0.25) is 9.78 Å². The van der Waals surface area contributed by atoms with Crippen LogP contribution in [0.15, 0.2) is 41.5 Å². The molecule has 0 atom stereocenters. The number of hydrogen-bond donors (Lipinski definition) is 0. The van der Waals surface area contributed by atoms with Crippen LogP contribution in [-0.2, 0) is 7.05 Å². The van der Waals surface area contributed by atoms with Crippen LogP contribution < -0.4 is 4.57 Å². The highest BCUT2D eigenvalue weighted by Crippen LogP contribution is 2.10. The number of rotatable bonds is 2. The van der Waals surface area contributed by atoms with E-state index in [4.69, 9.17) is 0 Å². The van der Waals surface area contributed by atoms with Crippen molar-refractivity contribution in [1.82, 2.24) is 9.97 Å². The van der Waals surface area contributed by atoms with Crippen molar-refractivity contribution in [3.63, 3.8) is 0 Å². The summed E-state index contributed by atoms with van der Waals surface area (Å²) < 4.78 is 2.58. The van der Waals surface area contributed by atoms with Gasteiger partial charge in [-0.2, -0.15) is 0 Å². The van der Waals surface area contributed by atoms with Crippen molar-refractivity contribution in [3.05, 3.63) is 52.8 Å². The van der Waals surface area contributed by atoms with E-state index in [-0.39, 0.29) is 5.78 Å². The van der Waals surface area contributed by atoms with Crippen molar-refractivity contribution in [3.8, 4) is 0 Å². The summed E-state index contributed by atoms with van der Waals surface area (Å²) in [5.41, 5.74) is 0.941. The maximum absolute atomic E-state index is 12.0. The lowest BCUT2D eigenvalue weighted by Crippen LogP contribution is -2.29. The van der Waals surface area contributed by atoms with Crippen LogP contribution in [-0.4, -0.2) is 15.8 Å². The van der Waals surface area contributed by atoms with Crippen molar-refractivity contribution in [2.75, 3.05) is 0 Å². The zero-order chi connectivity index (χ0) is 11.5. The van der Waals surface area contributed by atoms with E-state index in [1.165, 1.54) is 6.20 Å². The smallest absolute Gasteiger partial charge is 0.285 e. The van der Waals surface area contributed by atoms with Crippen molar-refractivity contribution < 1.29 is 9.36 Å². The Bertz CT molecular complexity index is 525. The van der Waals surface area contributed by atoms with Crippen LogP contribution in [0.2, 0.25) is 0 Å². The van der Waals surface area contributed by atoms with E-state index in [1.54, 1.807) is 35.4 Å². The normalized spacial score (nSPS) is 10.1. The number of carbonyl (C=O) groups excluding carboxylic acids is 1. The highest BCUT2D eigenvalue weighted by Gasteiger charge is 2.13. The Kier molecular flexibility index (Phi) is 3.05. The van der Waals surface area contributed by atoms with Crippen molar-refractivity contribution >= 4 is 21.7 Å². The molecule has 2 aromatic rings. The zero-order valence-electron chi connectivity index (χ0n) is 8.59. The number of halogens is 1. The van der Waals surface area contributed by atoms with Crippen LogP contribution in [0.1, 0.15) is 16.1 Å². The highest BCUT2D eigenvalue weighted by molar-refractivity contribution is 9.10. The number of hydrogen-bond acceptors (Lipinski definition) is 3. The molecule has 16 heavy (non-hydrogen) atoms. The Morgan fingerprint density at radius 1 is 1.38 bits per heavy atom. The van der Waals surface area contributed by atoms with Crippen LogP contribution in [0, 0.1) is 0 Å². The molecule has 0 unspecified atom stereocenters. The summed E-state index contributed by atoms with van der Waals surface area (Å²) in [6, 6.07) is 3.47. The predicted octanol–water partition coefficient (Wildman–Crippen LogP) is 1.29. The average Bonchev–Trinajstić information content (AvgIpc) is 2.29. The van der Waals surface area contributed by atoms with Gasteiger partial charge in [0.2, 0.25) is 5.78 Å². The fourth-order valence-corrected chi connectivity index (χ4v) is 1.51. The van der Waals surface area contributed by atoms with E-state index in [2.05, 4.69) is 25.9 Å². The van der Waals surface area contributed by atoms with Crippen LogP contribution in [0.4, 0.5) is 0 Å². The molecule has 0 fully saturated rings. The maximum atomic E-state index is 12.0. The summed E-state index contributed by atoms with van der Waals surface area (Å²) in [5.74, 6) is -0.129. The van der Waals surface area contributed by atoms with E-state index in [9.17, 15) is 4.79 Å². The number of ketones is 1. The third-order valence-electron chi connectivity index (χ3n) is 2.03. The lowest BCUT2D eigenvalue weighted by molar-refractivity contribution is -0.674. The van der Waals surface area contributed by atoms with Crippen LogP contribution in [0.3, 0.4) is 0 Å². The fourth-order valence-electron chi connectivity index (χ4n) is 1.28. The molecule has 0 saturated heterocycles. The number of aryl methyl sites for hydroxylation is 1. The third-order valence-corrected chi connectivity index (χ3v) is 2.50. The van der Waals surface area contributed by atoms with Gasteiger partial charge >= 0.3 is 0 Å². The fraction of sp³-hybridized carbons (Fsp3) is 0.0909. The standard InChI is InChI=1S/C11H9BrN3O/c1-15-6-8(4-13-7-15)11(16)10-3-2-9(12)5-14-10/h2-7H,1H3/q+1. The summed E-state index contributed by atoms with van der Waals surface area (Å²) in [6.07, 6.45) is 6.49. The Morgan fingerprint density at radius 2 is 2.19 bits per heavy atom. The molecule has 0 saturated carbocycles. The summed E-state index contributed by atoms with van der Waals surface area (Å²) >= 11 is 3.27. The minimum atomic E-state index is -0.129. The van der Waals surface area contributed by atoms with Gasteiger partial charge in [0.05, 0.1) is 7.05 Å². The minimum Gasteiger partial charge on any atom is -0.287 e. The molecule has 0 amide bonds. The molecule has 4 nitrogen and oxygen atoms in total. The SMILES string of the molecule is C[n+]1cncc(C(=O)c2ccc(Br)cn2)c1. The summed E-state index contributed by atoms with van der Waals surface area (Å²) in [6.45, 7) is 0. The van der Waals surface area contributed by atoms with E-state index in [0.29, 0.717) is 11.3 Å². The molecule has 0 radical (unpaired) electrons. The molecule has 0 aliphatic heterocycles. The van der Waals surface area contributed by atoms with Gasteiger partial charge < -0.3 is 0 Å². The molecule has 0 N–H and O–H groups in total. The molecule has 0 aliphatic rings. The van der Waals surface area contributed by atoms with Crippen LogP contribution >= 0.6 is 15.9 Å². The molecule has 2 rings (SSSR count). The largest absolute Gasteiger partial charge is 0.287 e. The van der Waals surface area contributed by atoms with Gasteiger partial charge in [0.1, 0.15) is 17.5 Å². The lowest BCUT2D eigenvalue weighted by atomic mass is 10.1.